The van der Waals surface area contributed by atoms with Crippen LogP contribution < -0.4 is 10.3 Å². The highest BCUT2D eigenvalue weighted by atomic mass is 16.5. The van der Waals surface area contributed by atoms with Gasteiger partial charge in [0.15, 0.2) is 5.75 Å². The Balaban J connectivity index is 2.84. The molecule has 1 aromatic rings. The molecule has 0 atom stereocenters. The summed E-state index contributed by atoms with van der Waals surface area (Å²) in [6, 6.07) is 2.67. The molecule has 1 heterocycles. The number of carbonyl (C=O) groups is 1. The van der Waals surface area contributed by atoms with Crippen LogP contribution in [0.4, 0.5) is 0 Å². The van der Waals surface area contributed by atoms with E-state index in [0.717, 1.165) is 0 Å². The Bertz CT molecular complexity index is 408. The number of aromatic amines is 1. The van der Waals surface area contributed by atoms with Gasteiger partial charge in [0.2, 0.25) is 0 Å². The zero-order valence-corrected chi connectivity index (χ0v) is 8.61. The topological polar surface area (TPSA) is 79.4 Å². The van der Waals surface area contributed by atoms with E-state index in [4.69, 9.17) is 9.84 Å². The number of H-pyrrole nitrogens is 1. The summed E-state index contributed by atoms with van der Waals surface area (Å²) >= 11 is 0. The largest absolute Gasteiger partial charge is 0.488 e. The fourth-order valence-corrected chi connectivity index (χ4v) is 0.955. The number of hydrogen-bond acceptors (Lipinski definition) is 3. The van der Waals surface area contributed by atoms with E-state index >= 15 is 0 Å². The maximum atomic E-state index is 11.3. The van der Waals surface area contributed by atoms with Crippen LogP contribution in [-0.2, 0) is 0 Å². The van der Waals surface area contributed by atoms with Crippen LogP contribution in [0.3, 0.4) is 0 Å². The number of hydrogen-bond donors (Lipinski definition) is 2. The minimum atomic E-state index is -1.16. The first-order chi connectivity index (χ1) is 7.00. The number of carboxylic acid groups (broad SMARTS) is 1. The molecule has 0 spiro atoms. The van der Waals surface area contributed by atoms with E-state index in [-0.39, 0.29) is 11.4 Å². The van der Waals surface area contributed by atoms with Crippen molar-refractivity contribution in [3.63, 3.8) is 0 Å². The first-order valence-electron chi connectivity index (χ1n) is 4.60. The van der Waals surface area contributed by atoms with Crippen LogP contribution in [0.25, 0.3) is 0 Å². The molecule has 5 heteroatoms. The smallest absolute Gasteiger partial charge is 0.352 e. The van der Waals surface area contributed by atoms with Crippen molar-refractivity contribution in [2.24, 2.45) is 5.92 Å². The molecule has 5 nitrogen and oxygen atoms in total. The summed E-state index contributed by atoms with van der Waals surface area (Å²) in [5, 5.41) is 8.61. The number of rotatable bonds is 4. The quantitative estimate of drug-likeness (QED) is 0.781. The van der Waals surface area contributed by atoms with E-state index in [0.29, 0.717) is 12.5 Å². The normalized spacial score (nSPS) is 10.3. The van der Waals surface area contributed by atoms with Gasteiger partial charge in [-0.1, -0.05) is 13.8 Å². The summed E-state index contributed by atoms with van der Waals surface area (Å²) in [6.45, 7) is 4.34. The monoisotopic (exact) mass is 211 g/mol. The zero-order chi connectivity index (χ0) is 11.4. The molecule has 0 amide bonds. The van der Waals surface area contributed by atoms with Crippen molar-refractivity contribution in [2.75, 3.05) is 6.61 Å². The van der Waals surface area contributed by atoms with E-state index in [9.17, 15) is 9.59 Å². The van der Waals surface area contributed by atoms with Gasteiger partial charge >= 0.3 is 5.97 Å². The Hall–Kier alpha value is -1.78. The van der Waals surface area contributed by atoms with Crippen molar-refractivity contribution in [1.82, 2.24) is 4.98 Å². The van der Waals surface area contributed by atoms with E-state index in [1.165, 1.54) is 12.1 Å². The van der Waals surface area contributed by atoms with Gasteiger partial charge in [0, 0.05) is 0 Å². The fourth-order valence-electron chi connectivity index (χ4n) is 0.955. The van der Waals surface area contributed by atoms with Gasteiger partial charge in [-0.2, -0.15) is 0 Å². The van der Waals surface area contributed by atoms with E-state index in [1.807, 2.05) is 13.8 Å². The molecule has 1 aromatic heterocycles. The molecule has 0 aromatic carbocycles. The van der Waals surface area contributed by atoms with Gasteiger partial charge < -0.3 is 14.8 Å². The Morgan fingerprint density at radius 3 is 2.67 bits per heavy atom. The van der Waals surface area contributed by atoms with Gasteiger partial charge in [-0.25, -0.2) is 4.79 Å². The minimum Gasteiger partial charge on any atom is -0.488 e. The van der Waals surface area contributed by atoms with Crippen molar-refractivity contribution in [3.05, 3.63) is 28.2 Å². The van der Waals surface area contributed by atoms with E-state index < -0.39 is 11.5 Å². The molecule has 82 valence electrons. The third-order valence-corrected chi connectivity index (χ3v) is 1.68. The molecule has 0 aliphatic heterocycles. The van der Waals surface area contributed by atoms with Crippen molar-refractivity contribution in [2.45, 2.75) is 13.8 Å². The number of aromatic carboxylic acids is 1. The maximum Gasteiger partial charge on any atom is 0.352 e. The van der Waals surface area contributed by atoms with Gasteiger partial charge in [0.05, 0.1) is 6.61 Å². The predicted octanol–water partition coefficient (Wildman–Crippen LogP) is 1.11. The lowest BCUT2D eigenvalue weighted by molar-refractivity contribution is 0.0690. The van der Waals surface area contributed by atoms with Crippen LogP contribution in [0.5, 0.6) is 5.75 Å². The lowest BCUT2D eigenvalue weighted by Crippen LogP contribution is -2.17. The van der Waals surface area contributed by atoms with E-state index in [1.54, 1.807) is 0 Å². The average Bonchev–Trinajstić information content (AvgIpc) is 2.15. The second-order valence-electron chi connectivity index (χ2n) is 3.58. The molecule has 0 aliphatic rings. The van der Waals surface area contributed by atoms with Crippen molar-refractivity contribution >= 4 is 5.97 Å². The Kier molecular flexibility index (Phi) is 3.49. The molecule has 0 aliphatic carbocycles. The summed E-state index contributed by atoms with van der Waals surface area (Å²) in [6.07, 6.45) is 0. The summed E-state index contributed by atoms with van der Waals surface area (Å²) in [7, 11) is 0. The molecular formula is C10H13NO4. The highest BCUT2D eigenvalue weighted by molar-refractivity contribution is 5.85. The molecule has 0 saturated carbocycles. The standard InChI is InChI=1S/C10H13NO4/c1-6(2)5-15-8-4-3-7(10(13)14)11-9(8)12/h3-4,6H,5H2,1-2H3,(H,11,12)(H,13,14). The first-order valence-corrected chi connectivity index (χ1v) is 4.60. The zero-order valence-electron chi connectivity index (χ0n) is 8.61. The Morgan fingerprint density at radius 1 is 1.53 bits per heavy atom. The summed E-state index contributed by atoms with van der Waals surface area (Å²) in [5.74, 6) is -0.709. The van der Waals surface area contributed by atoms with Crippen LogP contribution in [0.2, 0.25) is 0 Å². The van der Waals surface area contributed by atoms with Crippen LogP contribution in [0, 0.1) is 5.92 Å². The van der Waals surface area contributed by atoms with Crippen LogP contribution in [0.1, 0.15) is 24.3 Å². The lowest BCUT2D eigenvalue weighted by Gasteiger charge is -2.07. The second kappa shape index (κ2) is 4.63. The van der Waals surface area contributed by atoms with Crippen LogP contribution in [-0.4, -0.2) is 22.7 Å². The molecule has 1 rings (SSSR count). The number of pyridine rings is 1. The number of aromatic nitrogens is 1. The molecule has 0 bridgehead atoms. The van der Waals surface area contributed by atoms with Crippen molar-refractivity contribution in [1.29, 1.82) is 0 Å². The molecule has 0 unspecified atom stereocenters. The maximum absolute atomic E-state index is 11.3. The molecule has 2 N–H and O–H groups in total. The van der Waals surface area contributed by atoms with Gasteiger partial charge in [0.1, 0.15) is 5.69 Å². The number of ether oxygens (including phenoxy) is 1. The van der Waals surface area contributed by atoms with Gasteiger partial charge in [-0.15, -0.1) is 0 Å². The second-order valence-corrected chi connectivity index (χ2v) is 3.58. The fraction of sp³-hybridized carbons (Fsp3) is 0.400. The first kappa shape index (κ1) is 11.3. The highest BCUT2D eigenvalue weighted by Gasteiger charge is 2.07. The lowest BCUT2D eigenvalue weighted by atomic mass is 10.2. The third kappa shape index (κ3) is 3.12. The van der Waals surface area contributed by atoms with Crippen molar-refractivity contribution in [3.8, 4) is 5.75 Å². The van der Waals surface area contributed by atoms with Gasteiger partial charge in [-0.05, 0) is 18.1 Å². The summed E-state index contributed by atoms with van der Waals surface area (Å²) < 4.78 is 5.20. The molecule has 0 radical (unpaired) electrons. The third-order valence-electron chi connectivity index (χ3n) is 1.68. The average molecular weight is 211 g/mol. The van der Waals surface area contributed by atoms with Crippen LogP contribution in [0.15, 0.2) is 16.9 Å². The van der Waals surface area contributed by atoms with E-state index in [2.05, 4.69) is 4.98 Å². The van der Waals surface area contributed by atoms with Crippen LogP contribution >= 0.6 is 0 Å². The predicted molar refractivity (Wildman–Crippen MR) is 54.4 cm³/mol. The SMILES string of the molecule is CC(C)COc1ccc(C(=O)O)[nH]c1=O. The summed E-state index contributed by atoms with van der Waals surface area (Å²) in [4.78, 5) is 24.1. The van der Waals surface area contributed by atoms with Crippen molar-refractivity contribution < 1.29 is 14.6 Å². The molecule has 0 fully saturated rings. The number of nitrogens with one attached hydrogen (secondary N) is 1. The number of carboxylic acids is 1. The minimum absolute atomic E-state index is 0.142. The van der Waals surface area contributed by atoms with Gasteiger partial charge in [0.25, 0.3) is 5.56 Å². The Labute approximate surface area is 86.7 Å². The molecular weight excluding hydrogens is 198 g/mol. The molecule has 15 heavy (non-hydrogen) atoms. The summed E-state index contributed by atoms with van der Waals surface area (Å²) in [5.41, 5.74) is -0.660. The van der Waals surface area contributed by atoms with Gasteiger partial charge in [-0.3, -0.25) is 4.79 Å². The Morgan fingerprint density at radius 2 is 2.20 bits per heavy atom. The molecule has 0 saturated heterocycles. The highest BCUT2D eigenvalue weighted by Crippen LogP contribution is 2.05.